The minimum absolute atomic E-state index is 0.0600. The first-order valence-corrected chi connectivity index (χ1v) is 5.86. The minimum Gasteiger partial charge on any atom is -0.434 e. The lowest BCUT2D eigenvalue weighted by Crippen LogP contribution is -2.38. The molecule has 0 heterocycles. The van der Waals surface area contributed by atoms with Crippen LogP contribution in [0.3, 0.4) is 0 Å². The van der Waals surface area contributed by atoms with E-state index in [0.717, 1.165) is 0 Å². The minimum atomic E-state index is -2.89. The molecule has 6 heteroatoms. The first-order chi connectivity index (χ1) is 8.78. The fraction of sp³-hybridized carbons (Fsp3) is 0.462. The van der Waals surface area contributed by atoms with Crippen molar-refractivity contribution in [3.05, 3.63) is 29.8 Å². The van der Waals surface area contributed by atoms with E-state index >= 15 is 0 Å². The van der Waals surface area contributed by atoms with Gasteiger partial charge in [-0.3, -0.25) is 4.79 Å². The van der Waals surface area contributed by atoms with Crippen LogP contribution in [-0.4, -0.2) is 18.1 Å². The highest BCUT2D eigenvalue weighted by atomic mass is 19.3. The molecule has 0 spiro atoms. The Kier molecular flexibility index (Phi) is 5.23. The van der Waals surface area contributed by atoms with E-state index in [2.05, 4.69) is 10.1 Å². The van der Waals surface area contributed by atoms with Crippen LogP contribution in [0.5, 0.6) is 5.75 Å². The standard InChI is InChI=1S/C13H18F2N2O2/c1-13(2,16)7-11(18)17-8-9-5-3-4-6-10(9)19-12(14)15/h3-6,12H,7-8,16H2,1-2H3,(H,17,18). The van der Waals surface area contributed by atoms with E-state index in [1.807, 2.05) is 0 Å². The zero-order chi connectivity index (χ0) is 14.5. The van der Waals surface area contributed by atoms with Gasteiger partial charge in [0.1, 0.15) is 5.75 Å². The average Bonchev–Trinajstić information content (AvgIpc) is 2.24. The molecule has 0 aromatic heterocycles. The van der Waals surface area contributed by atoms with Crippen molar-refractivity contribution in [2.24, 2.45) is 5.73 Å². The molecule has 0 aliphatic rings. The number of para-hydroxylation sites is 1. The molecule has 1 aromatic rings. The summed E-state index contributed by atoms with van der Waals surface area (Å²) in [6.45, 7) is 0.707. The Morgan fingerprint density at radius 1 is 1.42 bits per heavy atom. The van der Waals surface area contributed by atoms with Crippen molar-refractivity contribution in [2.45, 2.75) is 39.0 Å². The van der Waals surface area contributed by atoms with Crippen LogP contribution in [0, 0.1) is 0 Å². The molecule has 0 fully saturated rings. The summed E-state index contributed by atoms with van der Waals surface area (Å²) in [5, 5.41) is 2.63. The van der Waals surface area contributed by atoms with Gasteiger partial charge in [0.05, 0.1) is 0 Å². The number of amides is 1. The summed E-state index contributed by atoms with van der Waals surface area (Å²) in [4.78, 5) is 11.6. The number of rotatable bonds is 6. The molecule has 0 aliphatic carbocycles. The van der Waals surface area contributed by atoms with E-state index in [9.17, 15) is 13.6 Å². The van der Waals surface area contributed by atoms with E-state index in [1.54, 1.807) is 32.0 Å². The Morgan fingerprint density at radius 2 is 2.05 bits per heavy atom. The maximum atomic E-state index is 12.2. The molecule has 4 nitrogen and oxygen atoms in total. The summed E-state index contributed by atoms with van der Waals surface area (Å²) in [5.74, 6) is -0.177. The van der Waals surface area contributed by atoms with E-state index in [4.69, 9.17) is 5.73 Å². The molecular weight excluding hydrogens is 254 g/mol. The molecule has 3 N–H and O–H groups in total. The van der Waals surface area contributed by atoms with Gasteiger partial charge in [-0.1, -0.05) is 18.2 Å². The topological polar surface area (TPSA) is 64.4 Å². The van der Waals surface area contributed by atoms with Gasteiger partial charge in [0.25, 0.3) is 0 Å². The summed E-state index contributed by atoms with van der Waals surface area (Å²) in [6, 6.07) is 6.32. The van der Waals surface area contributed by atoms with Crippen molar-refractivity contribution in [1.82, 2.24) is 5.32 Å². The van der Waals surface area contributed by atoms with Gasteiger partial charge in [0.2, 0.25) is 5.91 Å². The molecule has 1 rings (SSSR count). The van der Waals surface area contributed by atoms with Crippen LogP contribution in [0.1, 0.15) is 25.8 Å². The Balaban J connectivity index is 2.60. The summed E-state index contributed by atoms with van der Waals surface area (Å²) < 4.78 is 28.8. The van der Waals surface area contributed by atoms with E-state index in [-0.39, 0.29) is 24.6 Å². The van der Waals surface area contributed by atoms with Crippen LogP contribution >= 0.6 is 0 Å². The molecule has 0 atom stereocenters. The molecule has 1 amide bonds. The highest BCUT2D eigenvalue weighted by molar-refractivity contribution is 5.77. The lowest BCUT2D eigenvalue weighted by atomic mass is 10.0. The normalized spacial score (nSPS) is 11.5. The highest BCUT2D eigenvalue weighted by Crippen LogP contribution is 2.20. The number of halogens is 2. The molecule has 0 unspecified atom stereocenters. The Labute approximate surface area is 110 Å². The predicted molar refractivity (Wildman–Crippen MR) is 67.8 cm³/mol. The molecule has 0 saturated heterocycles. The first kappa shape index (κ1) is 15.4. The molecular formula is C13H18F2N2O2. The van der Waals surface area contributed by atoms with Gasteiger partial charge in [-0.25, -0.2) is 0 Å². The van der Waals surface area contributed by atoms with Gasteiger partial charge in [-0.05, 0) is 19.9 Å². The lowest BCUT2D eigenvalue weighted by molar-refractivity contribution is -0.122. The third kappa shape index (κ3) is 6.15. The molecule has 106 valence electrons. The number of nitrogens with two attached hydrogens (primary N) is 1. The number of nitrogens with one attached hydrogen (secondary N) is 1. The molecule has 0 aliphatic heterocycles. The third-order valence-corrected chi connectivity index (χ3v) is 2.28. The van der Waals surface area contributed by atoms with Crippen LogP contribution in [0.2, 0.25) is 0 Å². The first-order valence-electron chi connectivity index (χ1n) is 5.86. The van der Waals surface area contributed by atoms with Crippen molar-refractivity contribution in [3.8, 4) is 5.75 Å². The second-order valence-electron chi connectivity index (χ2n) is 4.93. The molecule has 19 heavy (non-hydrogen) atoms. The van der Waals surface area contributed by atoms with Crippen LogP contribution in [-0.2, 0) is 11.3 Å². The maximum Gasteiger partial charge on any atom is 0.387 e. The molecule has 0 saturated carbocycles. The summed E-state index contributed by atoms with van der Waals surface area (Å²) in [6.07, 6.45) is 0.158. The Morgan fingerprint density at radius 3 is 2.63 bits per heavy atom. The number of hydrogen-bond acceptors (Lipinski definition) is 3. The third-order valence-electron chi connectivity index (χ3n) is 2.28. The number of hydrogen-bond donors (Lipinski definition) is 2. The van der Waals surface area contributed by atoms with Crippen LogP contribution in [0.25, 0.3) is 0 Å². The lowest BCUT2D eigenvalue weighted by Gasteiger charge is -2.18. The zero-order valence-electron chi connectivity index (χ0n) is 11.0. The summed E-state index contributed by atoms with van der Waals surface area (Å²) in [7, 11) is 0. The average molecular weight is 272 g/mol. The molecule has 0 bridgehead atoms. The summed E-state index contributed by atoms with van der Waals surface area (Å²) >= 11 is 0. The number of benzene rings is 1. The van der Waals surface area contributed by atoms with Gasteiger partial charge in [-0.15, -0.1) is 0 Å². The highest BCUT2D eigenvalue weighted by Gasteiger charge is 2.16. The van der Waals surface area contributed by atoms with E-state index in [1.165, 1.54) is 6.07 Å². The monoisotopic (exact) mass is 272 g/mol. The Hall–Kier alpha value is -1.69. The van der Waals surface area contributed by atoms with E-state index < -0.39 is 12.2 Å². The predicted octanol–water partition coefficient (Wildman–Crippen LogP) is 2.03. The number of carbonyl (C=O) groups excluding carboxylic acids is 1. The fourth-order valence-electron chi connectivity index (χ4n) is 1.53. The number of carbonyl (C=O) groups is 1. The molecule has 0 radical (unpaired) electrons. The van der Waals surface area contributed by atoms with Crippen molar-refractivity contribution >= 4 is 5.91 Å². The summed E-state index contributed by atoms with van der Waals surface area (Å²) in [5.41, 5.74) is 5.60. The second kappa shape index (κ2) is 6.47. The van der Waals surface area contributed by atoms with Crippen LogP contribution in [0.15, 0.2) is 24.3 Å². The van der Waals surface area contributed by atoms with Crippen LogP contribution < -0.4 is 15.8 Å². The quantitative estimate of drug-likeness (QED) is 0.832. The SMILES string of the molecule is CC(C)(N)CC(=O)NCc1ccccc1OC(F)F. The van der Waals surface area contributed by atoms with Crippen molar-refractivity contribution in [2.75, 3.05) is 0 Å². The number of alkyl halides is 2. The van der Waals surface area contributed by atoms with Crippen molar-refractivity contribution in [3.63, 3.8) is 0 Å². The zero-order valence-corrected chi connectivity index (χ0v) is 11.0. The largest absolute Gasteiger partial charge is 0.434 e. The van der Waals surface area contributed by atoms with Gasteiger partial charge >= 0.3 is 6.61 Å². The van der Waals surface area contributed by atoms with Crippen molar-refractivity contribution in [1.29, 1.82) is 0 Å². The van der Waals surface area contributed by atoms with Gasteiger partial charge in [-0.2, -0.15) is 8.78 Å². The smallest absolute Gasteiger partial charge is 0.387 e. The fourth-order valence-corrected chi connectivity index (χ4v) is 1.53. The molecule has 1 aromatic carbocycles. The van der Waals surface area contributed by atoms with Gasteiger partial charge in [0.15, 0.2) is 0 Å². The van der Waals surface area contributed by atoms with E-state index in [0.29, 0.717) is 5.56 Å². The Bertz CT molecular complexity index is 431. The van der Waals surface area contributed by atoms with Crippen LogP contribution in [0.4, 0.5) is 8.78 Å². The second-order valence-corrected chi connectivity index (χ2v) is 4.93. The maximum absolute atomic E-state index is 12.2. The van der Waals surface area contributed by atoms with Gasteiger partial charge in [0, 0.05) is 24.1 Å². The van der Waals surface area contributed by atoms with Gasteiger partial charge < -0.3 is 15.8 Å². The number of ether oxygens (including phenoxy) is 1. The van der Waals surface area contributed by atoms with Crippen molar-refractivity contribution < 1.29 is 18.3 Å².